The van der Waals surface area contributed by atoms with Crippen LogP contribution < -0.4 is 0 Å². The number of esters is 1. The molecular formula is C14H9F2NO4S. The maximum Gasteiger partial charge on any atom is 0.339 e. The highest BCUT2D eigenvalue weighted by atomic mass is 32.2. The van der Waals surface area contributed by atoms with Crippen molar-refractivity contribution in [3.8, 4) is 0 Å². The number of halogens is 2. The molecule has 0 saturated heterocycles. The molecular weight excluding hydrogens is 316 g/mol. The fourth-order valence-corrected chi connectivity index (χ4v) is 2.84. The van der Waals surface area contributed by atoms with E-state index in [1.54, 1.807) is 12.1 Å². The highest BCUT2D eigenvalue weighted by Gasteiger charge is 2.24. The molecule has 0 aliphatic heterocycles. The standard InChI is InChI=1S/C14H9F2NO4S/c1-21-14(18)9-4-2-3-5-11(9)22-12-7-8(15)6-10(16)13(12)17(19)20/h2-7H,1H3. The Hall–Kier alpha value is -2.48. The van der Waals surface area contributed by atoms with Crippen molar-refractivity contribution in [1.29, 1.82) is 0 Å². The lowest BCUT2D eigenvalue weighted by molar-refractivity contribution is -0.390. The van der Waals surface area contributed by atoms with E-state index in [9.17, 15) is 23.7 Å². The summed E-state index contributed by atoms with van der Waals surface area (Å²) in [4.78, 5) is 21.7. The predicted molar refractivity (Wildman–Crippen MR) is 74.9 cm³/mol. The van der Waals surface area contributed by atoms with Crippen LogP contribution in [0, 0.1) is 21.7 Å². The Bertz CT molecular complexity index is 752. The molecule has 0 saturated carbocycles. The van der Waals surface area contributed by atoms with Gasteiger partial charge in [-0.25, -0.2) is 9.18 Å². The maximum atomic E-state index is 13.6. The molecule has 2 rings (SSSR count). The third-order valence-electron chi connectivity index (χ3n) is 2.69. The van der Waals surface area contributed by atoms with E-state index in [-0.39, 0.29) is 10.5 Å². The second kappa shape index (κ2) is 6.52. The molecule has 0 spiro atoms. The third kappa shape index (κ3) is 3.22. The van der Waals surface area contributed by atoms with Gasteiger partial charge in [-0.3, -0.25) is 10.1 Å². The number of hydrogen-bond donors (Lipinski definition) is 0. The first kappa shape index (κ1) is 15.9. The van der Waals surface area contributed by atoms with Crippen LogP contribution in [0.1, 0.15) is 10.4 Å². The third-order valence-corrected chi connectivity index (χ3v) is 3.80. The Labute approximate surface area is 128 Å². The summed E-state index contributed by atoms with van der Waals surface area (Å²) in [7, 11) is 1.19. The SMILES string of the molecule is COC(=O)c1ccccc1Sc1cc(F)cc(F)c1[N+](=O)[O-]. The Kier molecular flexibility index (Phi) is 4.71. The van der Waals surface area contributed by atoms with E-state index in [2.05, 4.69) is 4.74 Å². The lowest BCUT2D eigenvalue weighted by Crippen LogP contribution is -2.03. The van der Waals surface area contributed by atoms with Crippen LogP contribution in [0.25, 0.3) is 0 Å². The van der Waals surface area contributed by atoms with Gasteiger partial charge in [0.2, 0.25) is 5.82 Å². The lowest BCUT2D eigenvalue weighted by atomic mass is 10.2. The lowest BCUT2D eigenvalue weighted by Gasteiger charge is -2.08. The van der Waals surface area contributed by atoms with Gasteiger partial charge in [0.1, 0.15) is 5.82 Å². The van der Waals surface area contributed by atoms with Crippen molar-refractivity contribution in [3.63, 3.8) is 0 Å². The van der Waals surface area contributed by atoms with Gasteiger partial charge < -0.3 is 4.74 Å². The molecule has 0 bridgehead atoms. The van der Waals surface area contributed by atoms with Gasteiger partial charge in [0.15, 0.2) is 0 Å². The number of ether oxygens (including phenoxy) is 1. The molecule has 0 radical (unpaired) electrons. The minimum atomic E-state index is -1.27. The van der Waals surface area contributed by atoms with Gasteiger partial charge in [-0.1, -0.05) is 23.9 Å². The van der Waals surface area contributed by atoms with E-state index in [1.165, 1.54) is 19.2 Å². The van der Waals surface area contributed by atoms with Crippen molar-refractivity contribution in [2.45, 2.75) is 9.79 Å². The number of nitrogens with zero attached hydrogens (tertiary/aromatic N) is 1. The van der Waals surface area contributed by atoms with Crippen LogP contribution in [0.4, 0.5) is 14.5 Å². The number of nitro groups is 1. The average molecular weight is 325 g/mol. The second-order valence-corrected chi connectivity index (χ2v) is 5.17. The molecule has 0 aliphatic carbocycles. The zero-order valence-electron chi connectivity index (χ0n) is 11.2. The van der Waals surface area contributed by atoms with Crippen LogP contribution in [0.3, 0.4) is 0 Å². The van der Waals surface area contributed by atoms with E-state index in [4.69, 9.17) is 0 Å². The number of methoxy groups -OCH3 is 1. The van der Waals surface area contributed by atoms with E-state index in [1.807, 2.05) is 0 Å². The van der Waals surface area contributed by atoms with Gasteiger partial charge in [0, 0.05) is 11.0 Å². The first-order valence-corrected chi connectivity index (χ1v) is 6.74. The Morgan fingerprint density at radius 3 is 2.55 bits per heavy atom. The van der Waals surface area contributed by atoms with Crippen molar-refractivity contribution in [3.05, 3.63) is 63.7 Å². The van der Waals surface area contributed by atoms with Gasteiger partial charge in [-0.2, -0.15) is 4.39 Å². The molecule has 0 aliphatic rings. The number of carbonyl (C=O) groups excluding carboxylic acids is 1. The molecule has 0 N–H and O–H groups in total. The Morgan fingerprint density at radius 2 is 1.91 bits per heavy atom. The normalized spacial score (nSPS) is 10.3. The van der Waals surface area contributed by atoms with E-state index >= 15 is 0 Å². The zero-order valence-corrected chi connectivity index (χ0v) is 12.0. The number of benzene rings is 2. The fraction of sp³-hybridized carbons (Fsp3) is 0.0714. The van der Waals surface area contributed by atoms with Crippen molar-refractivity contribution < 1.29 is 23.2 Å². The highest BCUT2D eigenvalue weighted by Crippen LogP contribution is 2.38. The second-order valence-electron chi connectivity index (χ2n) is 4.08. The molecule has 22 heavy (non-hydrogen) atoms. The van der Waals surface area contributed by atoms with Gasteiger partial charge in [-0.15, -0.1) is 0 Å². The Morgan fingerprint density at radius 1 is 1.23 bits per heavy atom. The van der Waals surface area contributed by atoms with Crippen molar-refractivity contribution in [1.82, 2.24) is 0 Å². The molecule has 0 heterocycles. The smallest absolute Gasteiger partial charge is 0.339 e. The molecule has 2 aromatic carbocycles. The fourth-order valence-electron chi connectivity index (χ4n) is 1.75. The molecule has 114 valence electrons. The topological polar surface area (TPSA) is 69.4 Å². The summed E-state index contributed by atoms with van der Waals surface area (Å²) in [5, 5.41) is 11.0. The zero-order chi connectivity index (χ0) is 16.3. The molecule has 2 aromatic rings. The summed E-state index contributed by atoms with van der Waals surface area (Å²) in [6, 6.07) is 7.42. The molecule has 0 unspecified atom stereocenters. The van der Waals surface area contributed by atoms with Crippen molar-refractivity contribution >= 4 is 23.4 Å². The monoisotopic (exact) mass is 325 g/mol. The van der Waals surface area contributed by atoms with Gasteiger partial charge in [0.05, 0.1) is 22.5 Å². The first-order valence-electron chi connectivity index (χ1n) is 5.92. The number of hydrogen-bond acceptors (Lipinski definition) is 5. The van der Waals surface area contributed by atoms with E-state index in [0.29, 0.717) is 11.0 Å². The molecule has 0 amide bonds. The van der Waals surface area contributed by atoms with Crippen LogP contribution >= 0.6 is 11.8 Å². The van der Waals surface area contributed by atoms with Crippen LogP contribution in [-0.4, -0.2) is 18.0 Å². The van der Waals surface area contributed by atoms with E-state index in [0.717, 1.165) is 17.8 Å². The molecule has 8 heteroatoms. The quantitative estimate of drug-likeness (QED) is 0.486. The van der Waals surface area contributed by atoms with Crippen LogP contribution in [0.5, 0.6) is 0 Å². The van der Waals surface area contributed by atoms with Gasteiger partial charge in [0.25, 0.3) is 0 Å². The number of nitro benzene ring substituents is 1. The summed E-state index contributed by atoms with van der Waals surface area (Å²) in [5.41, 5.74) is -0.694. The summed E-state index contributed by atoms with van der Waals surface area (Å²) in [5.74, 6) is -2.87. The summed E-state index contributed by atoms with van der Waals surface area (Å²) in [6.45, 7) is 0. The number of rotatable bonds is 4. The summed E-state index contributed by atoms with van der Waals surface area (Å²) >= 11 is 0.719. The Balaban J connectivity index is 2.53. The van der Waals surface area contributed by atoms with Crippen LogP contribution in [0.2, 0.25) is 0 Å². The minimum Gasteiger partial charge on any atom is -0.465 e. The molecule has 5 nitrogen and oxygen atoms in total. The minimum absolute atomic E-state index is 0.147. The first-order chi connectivity index (χ1) is 10.4. The maximum absolute atomic E-state index is 13.6. The summed E-state index contributed by atoms with van der Waals surface area (Å²) < 4.78 is 31.5. The van der Waals surface area contributed by atoms with Crippen LogP contribution in [0.15, 0.2) is 46.2 Å². The van der Waals surface area contributed by atoms with Crippen molar-refractivity contribution in [2.75, 3.05) is 7.11 Å². The molecule has 0 aromatic heterocycles. The largest absolute Gasteiger partial charge is 0.465 e. The van der Waals surface area contributed by atoms with E-state index < -0.39 is 28.2 Å². The van der Waals surface area contributed by atoms with Gasteiger partial charge >= 0.3 is 11.7 Å². The number of carbonyl (C=O) groups is 1. The molecule has 0 fully saturated rings. The summed E-state index contributed by atoms with van der Waals surface area (Å²) in [6.07, 6.45) is 0. The highest BCUT2D eigenvalue weighted by molar-refractivity contribution is 7.99. The van der Waals surface area contributed by atoms with Crippen molar-refractivity contribution in [2.24, 2.45) is 0 Å². The van der Waals surface area contributed by atoms with Gasteiger partial charge in [-0.05, 0) is 18.2 Å². The predicted octanol–water partition coefficient (Wildman–Crippen LogP) is 3.81. The molecule has 0 atom stereocenters. The average Bonchev–Trinajstić information content (AvgIpc) is 2.45. The van der Waals surface area contributed by atoms with Crippen LogP contribution in [-0.2, 0) is 4.74 Å².